The SMILES string of the molecule is CCNc1ccccc1C(=O)N1CCC2(CCCC2)CC1. The van der Waals surface area contributed by atoms with Gasteiger partial charge in [0.15, 0.2) is 0 Å². The number of nitrogens with one attached hydrogen (secondary N) is 1. The number of para-hydroxylation sites is 1. The van der Waals surface area contributed by atoms with Crippen LogP contribution in [-0.2, 0) is 0 Å². The van der Waals surface area contributed by atoms with Crippen LogP contribution in [0, 0.1) is 5.41 Å². The molecule has 1 aliphatic carbocycles. The van der Waals surface area contributed by atoms with Gasteiger partial charge in [0, 0.05) is 25.3 Å². The van der Waals surface area contributed by atoms with Gasteiger partial charge in [-0.1, -0.05) is 25.0 Å². The molecule has 1 saturated carbocycles. The summed E-state index contributed by atoms with van der Waals surface area (Å²) in [6.07, 6.45) is 7.92. The molecular formula is C18H26N2O. The number of nitrogens with zero attached hydrogens (tertiary/aromatic N) is 1. The molecule has 1 saturated heterocycles. The molecule has 0 unspecified atom stereocenters. The average Bonchev–Trinajstić information content (AvgIpc) is 2.97. The molecule has 3 nitrogen and oxygen atoms in total. The number of carbonyl (C=O) groups is 1. The Morgan fingerprint density at radius 2 is 1.81 bits per heavy atom. The van der Waals surface area contributed by atoms with E-state index in [2.05, 4.69) is 17.1 Å². The van der Waals surface area contributed by atoms with Crippen LogP contribution in [0.1, 0.15) is 55.8 Å². The van der Waals surface area contributed by atoms with Crippen molar-refractivity contribution in [2.24, 2.45) is 5.41 Å². The van der Waals surface area contributed by atoms with E-state index in [1.807, 2.05) is 24.3 Å². The molecule has 1 aromatic carbocycles. The highest BCUT2D eigenvalue weighted by molar-refractivity contribution is 5.99. The van der Waals surface area contributed by atoms with E-state index in [-0.39, 0.29) is 5.91 Å². The monoisotopic (exact) mass is 286 g/mol. The summed E-state index contributed by atoms with van der Waals surface area (Å²) in [6, 6.07) is 7.88. The van der Waals surface area contributed by atoms with E-state index in [4.69, 9.17) is 0 Å². The second-order valence-corrected chi connectivity index (χ2v) is 6.58. The molecule has 3 rings (SSSR count). The molecule has 0 bridgehead atoms. The molecule has 21 heavy (non-hydrogen) atoms. The van der Waals surface area contributed by atoms with Gasteiger partial charge in [0.05, 0.1) is 5.56 Å². The highest BCUT2D eigenvalue weighted by atomic mass is 16.2. The summed E-state index contributed by atoms with van der Waals surface area (Å²) in [5, 5.41) is 3.30. The Morgan fingerprint density at radius 3 is 2.48 bits per heavy atom. The first kappa shape index (κ1) is 14.4. The van der Waals surface area contributed by atoms with Gasteiger partial charge in [-0.25, -0.2) is 0 Å². The fraction of sp³-hybridized carbons (Fsp3) is 0.611. The summed E-state index contributed by atoms with van der Waals surface area (Å²) in [5.41, 5.74) is 2.35. The van der Waals surface area contributed by atoms with Gasteiger partial charge in [-0.3, -0.25) is 4.79 Å². The third-order valence-electron chi connectivity index (χ3n) is 5.30. The second-order valence-electron chi connectivity index (χ2n) is 6.58. The van der Waals surface area contributed by atoms with Crippen molar-refractivity contribution >= 4 is 11.6 Å². The van der Waals surface area contributed by atoms with Crippen LogP contribution in [0.3, 0.4) is 0 Å². The zero-order valence-corrected chi connectivity index (χ0v) is 13.0. The van der Waals surface area contributed by atoms with E-state index in [0.29, 0.717) is 5.41 Å². The predicted molar refractivity (Wildman–Crippen MR) is 86.6 cm³/mol. The molecular weight excluding hydrogens is 260 g/mol. The van der Waals surface area contributed by atoms with Crippen molar-refractivity contribution in [1.82, 2.24) is 4.90 Å². The third-order valence-corrected chi connectivity index (χ3v) is 5.30. The molecule has 1 aliphatic heterocycles. The standard InChI is InChI=1S/C18H26N2O/c1-2-19-16-8-4-3-7-15(16)17(21)20-13-11-18(12-14-20)9-5-6-10-18/h3-4,7-8,19H,2,5-6,9-14H2,1H3. The normalized spacial score (nSPS) is 20.7. The van der Waals surface area contributed by atoms with Crippen molar-refractivity contribution in [3.63, 3.8) is 0 Å². The Labute approximate surface area is 127 Å². The van der Waals surface area contributed by atoms with Crippen molar-refractivity contribution in [2.45, 2.75) is 45.4 Å². The Kier molecular flexibility index (Phi) is 4.18. The van der Waals surface area contributed by atoms with E-state index in [9.17, 15) is 4.79 Å². The molecule has 3 heteroatoms. The molecule has 1 heterocycles. The zero-order valence-electron chi connectivity index (χ0n) is 13.0. The van der Waals surface area contributed by atoms with Gasteiger partial charge in [-0.05, 0) is 50.2 Å². The van der Waals surface area contributed by atoms with Crippen molar-refractivity contribution < 1.29 is 4.79 Å². The number of piperidine rings is 1. The zero-order chi connectivity index (χ0) is 14.7. The number of benzene rings is 1. The van der Waals surface area contributed by atoms with Crippen molar-refractivity contribution in [2.75, 3.05) is 25.0 Å². The number of carbonyl (C=O) groups excluding carboxylic acids is 1. The number of amides is 1. The van der Waals surface area contributed by atoms with Crippen LogP contribution >= 0.6 is 0 Å². The van der Waals surface area contributed by atoms with Gasteiger partial charge in [-0.15, -0.1) is 0 Å². The summed E-state index contributed by atoms with van der Waals surface area (Å²) < 4.78 is 0. The van der Waals surface area contributed by atoms with Gasteiger partial charge in [0.2, 0.25) is 0 Å². The van der Waals surface area contributed by atoms with Gasteiger partial charge in [-0.2, -0.15) is 0 Å². The minimum Gasteiger partial charge on any atom is -0.385 e. The van der Waals surface area contributed by atoms with Crippen LogP contribution in [-0.4, -0.2) is 30.4 Å². The van der Waals surface area contributed by atoms with Crippen LogP contribution in [0.15, 0.2) is 24.3 Å². The first-order valence-corrected chi connectivity index (χ1v) is 8.36. The highest BCUT2D eigenvalue weighted by Crippen LogP contribution is 2.46. The van der Waals surface area contributed by atoms with Gasteiger partial charge < -0.3 is 10.2 Å². The highest BCUT2D eigenvalue weighted by Gasteiger charge is 2.38. The molecule has 0 radical (unpaired) electrons. The first-order chi connectivity index (χ1) is 10.2. The molecule has 1 N–H and O–H groups in total. The Bertz CT molecular complexity index is 496. The van der Waals surface area contributed by atoms with Gasteiger partial charge in [0.1, 0.15) is 0 Å². The van der Waals surface area contributed by atoms with E-state index in [0.717, 1.165) is 30.9 Å². The lowest BCUT2D eigenvalue weighted by atomic mass is 9.77. The Morgan fingerprint density at radius 1 is 1.14 bits per heavy atom. The molecule has 1 spiro atoms. The van der Waals surface area contributed by atoms with Crippen LogP contribution < -0.4 is 5.32 Å². The van der Waals surface area contributed by atoms with Crippen LogP contribution in [0.4, 0.5) is 5.69 Å². The van der Waals surface area contributed by atoms with Crippen LogP contribution in [0.2, 0.25) is 0 Å². The molecule has 1 aromatic rings. The lowest BCUT2D eigenvalue weighted by Gasteiger charge is -2.39. The van der Waals surface area contributed by atoms with Gasteiger partial charge >= 0.3 is 0 Å². The summed E-state index contributed by atoms with van der Waals surface area (Å²) in [6.45, 7) is 4.76. The van der Waals surface area contributed by atoms with Crippen molar-refractivity contribution in [3.8, 4) is 0 Å². The molecule has 1 amide bonds. The smallest absolute Gasteiger partial charge is 0.255 e. The lowest BCUT2D eigenvalue weighted by Crippen LogP contribution is -2.42. The van der Waals surface area contributed by atoms with Crippen molar-refractivity contribution in [3.05, 3.63) is 29.8 Å². The fourth-order valence-electron chi connectivity index (χ4n) is 3.99. The number of rotatable bonds is 3. The number of hydrogen-bond acceptors (Lipinski definition) is 2. The molecule has 0 aromatic heterocycles. The summed E-state index contributed by atoms with van der Waals surface area (Å²) in [4.78, 5) is 14.8. The molecule has 2 fully saturated rings. The minimum atomic E-state index is 0.194. The van der Waals surface area contributed by atoms with Crippen LogP contribution in [0.5, 0.6) is 0 Å². The van der Waals surface area contributed by atoms with E-state index in [1.165, 1.54) is 38.5 Å². The molecule has 2 aliphatic rings. The van der Waals surface area contributed by atoms with Crippen molar-refractivity contribution in [1.29, 1.82) is 0 Å². The maximum Gasteiger partial charge on any atom is 0.255 e. The van der Waals surface area contributed by atoms with Crippen LogP contribution in [0.25, 0.3) is 0 Å². The van der Waals surface area contributed by atoms with Gasteiger partial charge in [0.25, 0.3) is 5.91 Å². The minimum absolute atomic E-state index is 0.194. The summed E-state index contributed by atoms with van der Waals surface area (Å²) in [5.74, 6) is 0.194. The molecule has 0 atom stereocenters. The fourth-order valence-corrected chi connectivity index (χ4v) is 3.99. The van der Waals surface area contributed by atoms with E-state index < -0.39 is 0 Å². The number of hydrogen-bond donors (Lipinski definition) is 1. The lowest BCUT2D eigenvalue weighted by molar-refractivity contribution is 0.0588. The second kappa shape index (κ2) is 6.08. The maximum absolute atomic E-state index is 12.8. The molecule has 114 valence electrons. The maximum atomic E-state index is 12.8. The number of likely N-dealkylation sites (tertiary alicyclic amines) is 1. The topological polar surface area (TPSA) is 32.3 Å². The summed E-state index contributed by atoms with van der Waals surface area (Å²) >= 11 is 0. The number of anilines is 1. The average molecular weight is 286 g/mol. The predicted octanol–water partition coefficient (Wildman–Crippen LogP) is 3.91. The van der Waals surface area contributed by atoms with E-state index in [1.54, 1.807) is 0 Å². The first-order valence-electron chi connectivity index (χ1n) is 8.36. The third kappa shape index (κ3) is 2.92. The summed E-state index contributed by atoms with van der Waals surface area (Å²) in [7, 11) is 0. The largest absolute Gasteiger partial charge is 0.385 e. The Hall–Kier alpha value is -1.51. The Balaban J connectivity index is 1.69. The van der Waals surface area contributed by atoms with E-state index >= 15 is 0 Å². The quantitative estimate of drug-likeness (QED) is 0.913.